The summed E-state index contributed by atoms with van der Waals surface area (Å²) in [6.07, 6.45) is 5.37. The third kappa shape index (κ3) is 6.95. The number of para-hydroxylation sites is 1. The molecule has 1 saturated carbocycles. The highest BCUT2D eigenvalue weighted by atomic mass is 35.5. The molecule has 2 aromatic carbocycles. The number of halogens is 1. The zero-order valence-corrected chi connectivity index (χ0v) is 23.7. The Morgan fingerprint density at radius 3 is 2.52 bits per heavy atom. The van der Waals surface area contributed by atoms with Gasteiger partial charge in [0.1, 0.15) is 29.0 Å². The summed E-state index contributed by atoms with van der Waals surface area (Å²) in [5.41, 5.74) is 3.01. The van der Waals surface area contributed by atoms with Crippen LogP contribution in [0.15, 0.2) is 67.4 Å². The molecule has 2 aromatic heterocycles. The molecule has 11 heteroatoms. The average Bonchev–Trinajstić information content (AvgIpc) is 3.64. The Bertz CT molecular complexity index is 1600. The standard InChI is InChI=1S/C31H31ClN6O4/c1-2-38(18-27(39)33-21-8-4-5-9-21)30-23(17-28(40)41)29(32)36-26(37-30)15-19-11-13-22(14-12-19)34-31(42)25-16-20-7-3-6-10-24(20)35-25/h2-3,6-7,10-14,16,21,35H,1,4-5,8-9,15,17-18H2,(H,33,39)(H,34,42)(H,40,41). The van der Waals surface area contributed by atoms with Crippen LogP contribution in [0.4, 0.5) is 11.5 Å². The van der Waals surface area contributed by atoms with Crippen molar-refractivity contribution in [3.63, 3.8) is 0 Å². The summed E-state index contributed by atoms with van der Waals surface area (Å²) < 4.78 is 0. The number of nitrogens with one attached hydrogen (secondary N) is 3. The van der Waals surface area contributed by atoms with Crippen LogP contribution in [-0.2, 0) is 22.4 Å². The first-order valence-corrected chi connectivity index (χ1v) is 14.1. The van der Waals surface area contributed by atoms with Gasteiger partial charge >= 0.3 is 5.97 Å². The molecule has 216 valence electrons. The number of rotatable bonds is 11. The van der Waals surface area contributed by atoms with Gasteiger partial charge in [-0.1, -0.05) is 61.4 Å². The predicted octanol–water partition coefficient (Wildman–Crippen LogP) is 5.09. The lowest BCUT2D eigenvalue weighted by atomic mass is 10.1. The number of carboxylic acids is 1. The molecule has 4 N–H and O–H groups in total. The van der Waals surface area contributed by atoms with Crippen LogP contribution in [0.5, 0.6) is 0 Å². The summed E-state index contributed by atoms with van der Waals surface area (Å²) in [6.45, 7) is 3.73. The van der Waals surface area contributed by atoms with Crippen LogP contribution in [0.25, 0.3) is 10.9 Å². The minimum Gasteiger partial charge on any atom is -0.481 e. The first-order chi connectivity index (χ1) is 20.3. The third-order valence-corrected chi connectivity index (χ3v) is 7.50. The van der Waals surface area contributed by atoms with Gasteiger partial charge in [0, 0.05) is 34.6 Å². The van der Waals surface area contributed by atoms with Crippen LogP contribution in [0.1, 0.15) is 53.1 Å². The zero-order chi connectivity index (χ0) is 29.6. The number of nitrogens with zero attached hydrogens (tertiary/aromatic N) is 3. The fourth-order valence-corrected chi connectivity index (χ4v) is 5.36. The molecule has 1 fully saturated rings. The van der Waals surface area contributed by atoms with E-state index in [0.717, 1.165) is 42.1 Å². The SMILES string of the molecule is C=CN(CC(=O)NC1CCCC1)c1nc(Cc2ccc(NC(=O)c3cc4ccccc4[nH]3)cc2)nc(Cl)c1CC(=O)O. The van der Waals surface area contributed by atoms with E-state index in [0.29, 0.717) is 17.2 Å². The monoisotopic (exact) mass is 586 g/mol. The van der Waals surface area contributed by atoms with Crippen molar-refractivity contribution in [3.05, 3.63) is 95.2 Å². The van der Waals surface area contributed by atoms with Crippen molar-refractivity contribution in [2.75, 3.05) is 16.8 Å². The number of carbonyl (C=O) groups is 3. The smallest absolute Gasteiger partial charge is 0.308 e. The number of hydrogen-bond acceptors (Lipinski definition) is 6. The zero-order valence-electron chi connectivity index (χ0n) is 22.9. The van der Waals surface area contributed by atoms with Gasteiger partial charge in [-0.05, 0) is 48.9 Å². The van der Waals surface area contributed by atoms with Crippen LogP contribution >= 0.6 is 11.6 Å². The van der Waals surface area contributed by atoms with Gasteiger partial charge in [0.25, 0.3) is 5.91 Å². The lowest BCUT2D eigenvalue weighted by Crippen LogP contribution is -2.40. The summed E-state index contributed by atoms with van der Waals surface area (Å²) in [7, 11) is 0. The van der Waals surface area contributed by atoms with Gasteiger partial charge in [0.15, 0.2) is 0 Å². The topological polar surface area (TPSA) is 140 Å². The largest absolute Gasteiger partial charge is 0.481 e. The maximum Gasteiger partial charge on any atom is 0.308 e. The molecule has 0 spiro atoms. The highest BCUT2D eigenvalue weighted by Crippen LogP contribution is 2.27. The number of carboxylic acid groups (broad SMARTS) is 1. The lowest BCUT2D eigenvalue weighted by molar-refractivity contribution is -0.136. The molecule has 0 atom stereocenters. The third-order valence-electron chi connectivity index (χ3n) is 7.18. The van der Waals surface area contributed by atoms with Gasteiger partial charge in [-0.25, -0.2) is 9.97 Å². The molecular formula is C31H31ClN6O4. The van der Waals surface area contributed by atoms with Crippen molar-refractivity contribution >= 4 is 51.8 Å². The molecule has 10 nitrogen and oxygen atoms in total. The maximum atomic E-state index is 12.8. The first-order valence-electron chi connectivity index (χ1n) is 13.7. The second-order valence-corrected chi connectivity index (χ2v) is 10.6. The van der Waals surface area contributed by atoms with E-state index in [4.69, 9.17) is 11.6 Å². The Balaban J connectivity index is 1.31. The van der Waals surface area contributed by atoms with Crippen molar-refractivity contribution in [2.45, 2.75) is 44.6 Å². The van der Waals surface area contributed by atoms with Crippen LogP contribution in [0.2, 0.25) is 5.15 Å². The number of amides is 2. The van der Waals surface area contributed by atoms with Crippen molar-refractivity contribution in [1.29, 1.82) is 0 Å². The Kier molecular flexibility index (Phi) is 8.83. The minimum atomic E-state index is -1.10. The van der Waals surface area contributed by atoms with E-state index >= 15 is 0 Å². The molecule has 5 rings (SSSR count). The van der Waals surface area contributed by atoms with E-state index in [1.165, 1.54) is 11.1 Å². The lowest BCUT2D eigenvalue weighted by Gasteiger charge is -2.23. The molecule has 2 amide bonds. The van der Waals surface area contributed by atoms with Gasteiger partial charge < -0.3 is 25.6 Å². The second kappa shape index (κ2) is 12.9. The van der Waals surface area contributed by atoms with E-state index in [2.05, 4.69) is 32.2 Å². The van der Waals surface area contributed by atoms with Crippen LogP contribution in [0.3, 0.4) is 0 Å². The van der Waals surface area contributed by atoms with Crippen molar-refractivity contribution in [3.8, 4) is 0 Å². The van der Waals surface area contributed by atoms with Crippen molar-refractivity contribution < 1.29 is 19.5 Å². The summed E-state index contributed by atoms with van der Waals surface area (Å²) >= 11 is 6.46. The first kappa shape index (κ1) is 28.8. The highest BCUT2D eigenvalue weighted by molar-refractivity contribution is 6.30. The van der Waals surface area contributed by atoms with Gasteiger partial charge in [-0.15, -0.1) is 0 Å². The number of benzene rings is 2. The van der Waals surface area contributed by atoms with Crippen LogP contribution < -0.4 is 15.5 Å². The number of aromatic amines is 1. The number of hydrogen-bond donors (Lipinski definition) is 4. The second-order valence-electron chi connectivity index (χ2n) is 10.3. The number of H-pyrrole nitrogens is 1. The summed E-state index contributed by atoms with van der Waals surface area (Å²) in [5.74, 6) is -0.981. The molecule has 0 radical (unpaired) electrons. The number of aliphatic carboxylic acids is 1. The van der Waals surface area contributed by atoms with Crippen molar-refractivity contribution in [1.82, 2.24) is 20.3 Å². The molecule has 0 aliphatic heterocycles. The fourth-order valence-electron chi connectivity index (χ4n) is 5.11. The Morgan fingerprint density at radius 2 is 1.83 bits per heavy atom. The predicted molar refractivity (Wildman–Crippen MR) is 162 cm³/mol. The van der Waals surface area contributed by atoms with E-state index in [1.807, 2.05) is 36.4 Å². The summed E-state index contributed by atoms with van der Waals surface area (Å²) in [6, 6.07) is 16.8. The Hall–Kier alpha value is -4.70. The molecule has 42 heavy (non-hydrogen) atoms. The van der Waals surface area contributed by atoms with Crippen molar-refractivity contribution in [2.24, 2.45) is 0 Å². The van der Waals surface area contributed by atoms with Crippen LogP contribution in [-0.4, -0.2) is 50.4 Å². The number of carbonyl (C=O) groups excluding carboxylic acids is 2. The normalized spacial score (nSPS) is 13.2. The average molecular weight is 587 g/mol. The Morgan fingerprint density at radius 1 is 1.10 bits per heavy atom. The van der Waals surface area contributed by atoms with Crippen LogP contribution in [0, 0.1) is 0 Å². The van der Waals surface area contributed by atoms with Gasteiger partial charge in [-0.3, -0.25) is 14.4 Å². The molecule has 2 heterocycles. The minimum absolute atomic E-state index is 0.00247. The fraction of sp³-hybridized carbons (Fsp3) is 0.258. The van der Waals surface area contributed by atoms with E-state index in [9.17, 15) is 19.5 Å². The quantitative estimate of drug-likeness (QED) is 0.179. The summed E-state index contributed by atoms with van der Waals surface area (Å²) in [4.78, 5) is 50.7. The van der Waals surface area contributed by atoms with E-state index < -0.39 is 12.4 Å². The Labute approximate surface area is 247 Å². The number of anilines is 2. The number of fused-ring (bicyclic) bond motifs is 1. The number of aromatic nitrogens is 3. The summed E-state index contributed by atoms with van der Waals surface area (Å²) in [5, 5.41) is 16.3. The molecule has 0 unspecified atom stereocenters. The molecular weight excluding hydrogens is 556 g/mol. The molecule has 0 saturated heterocycles. The molecule has 0 bridgehead atoms. The van der Waals surface area contributed by atoms with Gasteiger partial charge in [-0.2, -0.15) is 0 Å². The maximum absolute atomic E-state index is 12.8. The molecule has 1 aliphatic rings. The van der Waals surface area contributed by atoms with Gasteiger partial charge in [0.05, 0.1) is 6.42 Å². The van der Waals surface area contributed by atoms with E-state index in [-0.39, 0.29) is 47.4 Å². The molecule has 4 aromatic rings. The van der Waals surface area contributed by atoms with Gasteiger partial charge in [0.2, 0.25) is 5.91 Å². The highest BCUT2D eigenvalue weighted by Gasteiger charge is 2.23. The van der Waals surface area contributed by atoms with E-state index in [1.54, 1.807) is 18.2 Å². The molecule has 1 aliphatic carbocycles.